The van der Waals surface area contributed by atoms with E-state index in [0.29, 0.717) is 0 Å². The molecule has 1 aliphatic rings. The van der Waals surface area contributed by atoms with E-state index in [0.717, 1.165) is 11.4 Å². The molecule has 0 radical (unpaired) electrons. The minimum absolute atomic E-state index is 0.0170. The van der Waals surface area contributed by atoms with Crippen molar-refractivity contribution in [3.05, 3.63) is 35.9 Å². The minimum Gasteiger partial charge on any atom is -0.448 e. The summed E-state index contributed by atoms with van der Waals surface area (Å²) in [4.78, 5) is 24.5. The summed E-state index contributed by atoms with van der Waals surface area (Å²) >= 11 is 0. The number of ether oxygens (including phenoxy) is 2. The van der Waals surface area contributed by atoms with E-state index in [9.17, 15) is 14.7 Å². The number of nitrogens with zero attached hydrogens (tertiary/aromatic N) is 2. The molecule has 0 bridgehead atoms. The molecule has 150 valence electrons. The van der Waals surface area contributed by atoms with Gasteiger partial charge >= 0.3 is 12.2 Å². The van der Waals surface area contributed by atoms with Crippen molar-refractivity contribution in [2.75, 3.05) is 26.3 Å². The molecular formula is C19H30N3O5+. The summed E-state index contributed by atoms with van der Waals surface area (Å²) in [5.74, 6) is 0. The van der Waals surface area contributed by atoms with Crippen molar-refractivity contribution in [2.24, 2.45) is 0 Å². The third-order valence-corrected chi connectivity index (χ3v) is 4.46. The summed E-state index contributed by atoms with van der Waals surface area (Å²) in [6, 6.07) is 10.0. The van der Waals surface area contributed by atoms with Crippen molar-refractivity contribution < 1.29 is 29.5 Å². The van der Waals surface area contributed by atoms with E-state index in [1.807, 2.05) is 23.5 Å². The van der Waals surface area contributed by atoms with Crippen LogP contribution in [0.2, 0.25) is 0 Å². The molecule has 1 aromatic carbocycles. The minimum atomic E-state index is -0.779. The third-order valence-electron chi connectivity index (χ3n) is 4.46. The lowest BCUT2D eigenvalue weighted by molar-refractivity contribution is -0.726. The molecule has 3 N–H and O–H groups in total. The SMILES string of the molecule is CCOC(=O)N1C[C@@H](O)[C@H]([NH2+][C@@H](C)Cc2ccccc2)CN1C(=O)OCC. The molecule has 2 rings (SSSR count). The molecule has 0 aliphatic carbocycles. The first-order valence-corrected chi connectivity index (χ1v) is 9.41. The Morgan fingerprint density at radius 1 is 1.11 bits per heavy atom. The van der Waals surface area contributed by atoms with Gasteiger partial charge in [0.1, 0.15) is 18.7 Å². The van der Waals surface area contributed by atoms with E-state index < -0.39 is 18.3 Å². The highest BCUT2D eigenvalue weighted by Crippen LogP contribution is 2.14. The summed E-state index contributed by atoms with van der Waals surface area (Å²) in [7, 11) is 0. The summed E-state index contributed by atoms with van der Waals surface area (Å²) in [6.45, 7) is 6.01. The number of carbonyl (C=O) groups excluding carboxylic acids is 2. The van der Waals surface area contributed by atoms with Gasteiger partial charge < -0.3 is 19.9 Å². The third kappa shape index (κ3) is 5.83. The maximum atomic E-state index is 12.3. The molecule has 8 nitrogen and oxygen atoms in total. The summed E-state index contributed by atoms with van der Waals surface area (Å²) < 4.78 is 10.1. The lowest BCUT2D eigenvalue weighted by atomic mass is 10.0. The lowest BCUT2D eigenvalue weighted by Crippen LogP contribution is -2.99. The number of β-amino-alcohol motifs (C(OH)–C–C–N with tert-alkyl or cyclic N) is 1. The predicted molar refractivity (Wildman–Crippen MR) is 98.8 cm³/mol. The van der Waals surface area contributed by atoms with Gasteiger partial charge in [-0.3, -0.25) is 0 Å². The van der Waals surface area contributed by atoms with E-state index in [2.05, 4.69) is 19.1 Å². The summed E-state index contributed by atoms with van der Waals surface area (Å²) in [5.41, 5.74) is 1.21. The second-order valence-electron chi connectivity index (χ2n) is 6.65. The Labute approximate surface area is 160 Å². The van der Waals surface area contributed by atoms with Crippen LogP contribution in [0.3, 0.4) is 0 Å². The maximum Gasteiger partial charge on any atom is 0.429 e. The molecule has 1 aliphatic heterocycles. The van der Waals surface area contributed by atoms with Crippen LogP contribution in [0.4, 0.5) is 9.59 Å². The highest BCUT2D eigenvalue weighted by molar-refractivity contribution is 5.74. The summed E-state index contributed by atoms with van der Waals surface area (Å²) in [5, 5.41) is 14.9. The second kappa shape index (κ2) is 10.1. The first kappa shape index (κ1) is 21.0. The molecule has 0 saturated carbocycles. The number of hydrogen-bond donors (Lipinski definition) is 2. The van der Waals surface area contributed by atoms with Gasteiger partial charge in [0.15, 0.2) is 0 Å². The van der Waals surface area contributed by atoms with Gasteiger partial charge in [-0.2, -0.15) is 0 Å². The van der Waals surface area contributed by atoms with Gasteiger partial charge in [-0.1, -0.05) is 30.3 Å². The molecule has 0 aromatic heterocycles. The number of carbonyl (C=O) groups is 2. The van der Waals surface area contributed by atoms with E-state index >= 15 is 0 Å². The zero-order valence-corrected chi connectivity index (χ0v) is 16.2. The fourth-order valence-corrected chi connectivity index (χ4v) is 3.24. The Bertz CT molecular complexity index is 613. The van der Waals surface area contributed by atoms with Crippen molar-refractivity contribution in [1.29, 1.82) is 0 Å². The van der Waals surface area contributed by atoms with E-state index in [1.54, 1.807) is 13.8 Å². The van der Waals surface area contributed by atoms with Crippen molar-refractivity contribution in [2.45, 2.75) is 45.4 Å². The molecule has 8 heteroatoms. The van der Waals surface area contributed by atoms with Crippen molar-refractivity contribution in [1.82, 2.24) is 10.0 Å². The van der Waals surface area contributed by atoms with Crippen LogP contribution in [-0.2, 0) is 15.9 Å². The molecule has 1 aromatic rings. The van der Waals surface area contributed by atoms with Gasteiger partial charge in [0.25, 0.3) is 0 Å². The number of quaternary nitrogens is 1. The zero-order chi connectivity index (χ0) is 19.8. The number of hydrogen-bond acceptors (Lipinski definition) is 5. The van der Waals surface area contributed by atoms with Gasteiger partial charge in [-0.25, -0.2) is 19.6 Å². The van der Waals surface area contributed by atoms with Gasteiger partial charge in [-0.15, -0.1) is 0 Å². The fraction of sp³-hybridized carbons (Fsp3) is 0.579. The molecule has 0 unspecified atom stereocenters. The average Bonchev–Trinajstić information content (AvgIpc) is 2.64. The Balaban J connectivity index is 2.05. The zero-order valence-electron chi connectivity index (χ0n) is 16.2. The smallest absolute Gasteiger partial charge is 0.429 e. The number of aliphatic hydroxyl groups excluding tert-OH is 1. The normalized spacial score (nSPS) is 20.9. The predicted octanol–water partition coefficient (Wildman–Crippen LogP) is 0.756. The van der Waals surface area contributed by atoms with Gasteiger partial charge in [0.05, 0.1) is 25.8 Å². The van der Waals surface area contributed by atoms with Gasteiger partial charge in [-0.05, 0) is 26.3 Å². The molecular weight excluding hydrogens is 350 g/mol. The molecule has 1 fully saturated rings. The molecule has 27 heavy (non-hydrogen) atoms. The van der Waals surface area contributed by atoms with Crippen molar-refractivity contribution in [3.8, 4) is 0 Å². The first-order chi connectivity index (χ1) is 13.0. The highest BCUT2D eigenvalue weighted by Gasteiger charge is 2.42. The number of hydrazine groups is 1. The second-order valence-corrected chi connectivity index (χ2v) is 6.65. The quantitative estimate of drug-likeness (QED) is 0.760. The summed E-state index contributed by atoms with van der Waals surface area (Å²) in [6.07, 6.45) is -1.23. The number of amides is 2. The first-order valence-electron chi connectivity index (χ1n) is 9.41. The Morgan fingerprint density at radius 3 is 2.22 bits per heavy atom. The Kier molecular flexibility index (Phi) is 7.87. The van der Waals surface area contributed by atoms with E-state index in [4.69, 9.17) is 9.47 Å². The molecule has 0 spiro atoms. The molecule has 1 saturated heterocycles. The number of rotatable bonds is 6. The van der Waals surface area contributed by atoms with E-state index in [-0.39, 0.29) is 38.4 Å². The van der Waals surface area contributed by atoms with Crippen LogP contribution in [0.5, 0.6) is 0 Å². The standard InChI is InChI=1S/C19H29N3O5/c1-4-26-18(24)21-12-16(17(23)13-22(21)19(25)27-5-2)20-14(3)11-15-9-7-6-8-10-15/h6-10,14,16-17,20,23H,4-5,11-13H2,1-3H3/p+1/t14-,16+,17+/m0/s1. The van der Waals surface area contributed by atoms with Crippen LogP contribution in [0.15, 0.2) is 30.3 Å². The lowest BCUT2D eigenvalue weighted by Gasteiger charge is -2.41. The topological polar surface area (TPSA) is 95.9 Å². The Morgan fingerprint density at radius 2 is 1.67 bits per heavy atom. The Hall–Kier alpha value is -2.32. The van der Waals surface area contributed by atoms with Crippen LogP contribution in [-0.4, -0.2) is 71.8 Å². The average molecular weight is 380 g/mol. The molecule has 3 atom stereocenters. The van der Waals surface area contributed by atoms with Gasteiger partial charge in [0, 0.05) is 6.42 Å². The van der Waals surface area contributed by atoms with Crippen LogP contribution in [0, 0.1) is 0 Å². The fourth-order valence-electron chi connectivity index (χ4n) is 3.24. The number of aliphatic hydroxyl groups is 1. The highest BCUT2D eigenvalue weighted by atomic mass is 16.6. The molecule has 2 amide bonds. The monoisotopic (exact) mass is 380 g/mol. The molecule has 1 heterocycles. The van der Waals surface area contributed by atoms with Crippen LogP contribution >= 0.6 is 0 Å². The van der Waals surface area contributed by atoms with Crippen LogP contribution < -0.4 is 5.32 Å². The largest absolute Gasteiger partial charge is 0.448 e. The van der Waals surface area contributed by atoms with Crippen molar-refractivity contribution in [3.63, 3.8) is 0 Å². The number of benzene rings is 1. The van der Waals surface area contributed by atoms with Crippen LogP contribution in [0.25, 0.3) is 0 Å². The van der Waals surface area contributed by atoms with Crippen LogP contribution in [0.1, 0.15) is 26.3 Å². The van der Waals surface area contributed by atoms with Gasteiger partial charge in [0.2, 0.25) is 0 Å². The maximum absolute atomic E-state index is 12.3. The number of nitrogens with two attached hydrogens (primary N) is 1. The van der Waals surface area contributed by atoms with E-state index in [1.165, 1.54) is 10.6 Å². The van der Waals surface area contributed by atoms with Crippen molar-refractivity contribution >= 4 is 12.2 Å².